The molecule has 19 heavy (non-hydrogen) atoms. The molecule has 0 aromatic heterocycles. The molecule has 0 aliphatic rings. The molecule has 1 aromatic rings. The topological polar surface area (TPSA) is 75.4 Å². The lowest BCUT2D eigenvalue weighted by molar-refractivity contribution is 0.210. The zero-order valence-corrected chi connectivity index (χ0v) is 13.0. The van der Waals surface area contributed by atoms with Gasteiger partial charge in [0.15, 0.2) is 9.84 Å². The van der Waals surface area contributed by atoms with E-state index in [0.717, 1.165) is 6.26 Å². The number of nitrogens with two attached hydrogens (primary N) is 1. The van der Waals surface area contributed by atoms with Crippen molar-refractivity contribution in [3.05, 3.63) is 18.2 Å². The minimum absolute atomic E-state index is 0.0620. The fraction of sp³-hybridized carbons (Fsp3) is 0.538. The molecular formula is C13H23N3O2S. The van der Waals surface area contributed by atoms with E-state index in [1.165, 1.54) is 6.07 Å². The minimum atomic E-state index is -3.30. The third kappa shape index (κ3) is 3.84. The first-order valence-electron chi connectivity index (χ1n) is 6.05. The van der Waals surface area contributed by atoms with Crippen molar-refractivity contribution < 1.29 is 8.42 Å². The maximum Gasteiger partial charge on any atom is 0.177 e. The van der Waals surface area contributed by atoms with Crippen LogP contribution in [0.5, 0.6) is 0 Å². The van der Waals surface area contributed by atoms with Crippen molar-refractivity contribution in [2.75, 3.05) is 37.9 Å². The van der Waals surface area contributed by atoms with E-state index in [0.29, 0.717) is 12.2 Å². The molecule has 108 valence electrons. The summed E-state index contributed by atoms with van der Waals surface area (Å²) in [6.45, 7) is 4.85. The average molecular weight is 285 g/mol. The number of likely N-dealkylation sites (N-methyl/N-ethyl adjacent to an activating group) is 1. The van der Waals surface area contributed by atoms with Crippen LogP contribution in [0.2, 0.25) is 0 Å². The number of hydrogen-bond acceptors (Lipinski definition) is 5. The molecular weight excluding hydrogens is 262 g/mol. The fourth-order valence-electron chi connectivity index (χ4n) is 1.49. The summed E-state index contributed by atoms with van der Waals surface area (Å²) in [6, 6.07) is 5.00. The molecule has 0 radical (unpaired) electrons. The Morgan fingerprint density at radius 2 is 1.89 bits per heavy atom. The normalized spacial score (nSPS) is 12.7. The van der Waals surface area contributed by atoms with E-state index < -0.39 is 9.84 Å². The van der Waals surface area contributed by atoms with Gasteiger partial charge in [-0.25, -0.2) is 8.42 Å². The summed E-state index contributed by atoms with van der Waals surface area (Å²) in [7, 11) is 0.694. The number of rotatable bonds is 5. The number of nitrogens with one attached hydrogen (secondary N) is 1. The molecule has 0 aliphatic carbocycles. The quantitative estimate of drug-likeness (QED) is 0.800. The molecule has 0 unspecified atom stereocenters. The van der Waals surface area contributed by atoms with Crippen LogP contribution in [0.1, 0.15) is 13.8 Å². The molecule has 3 N–H and O–H groups in total. The number of benzene rings is 1. The van der Waals surface area contributed by atoms with Gasteiger partial charge in [-0.1, -0.05) is 6.07 Å². The van der Waals surface area contributed by atoms with Crippen molar-refractivity contribution in [3.63, 3.8) is 0 Å². The fourth-order valence-corrected chi connectivity index (χ4v) is 2.33. The van der Waals surface area contributed by atoms with Crippen molar-refractivity contribution >= 4 is 21.2 Å². The second-order valence-corrected chi connectivity index (χ2v) is 7.53. The predicted octanol–water partition coefficient (Wildman–Crippen LogP) is 1.42. The van der Waals surface area contributed by atoms with E-state index in [9.17, 15) is 8.42 Å². The molecule has 0 fully saturated rings. The maximum atomic E-state index is 11.6. The van der Waals surface area contributed by atoms with Gasteiger partial charge in [0.1, 0.15) is 0 Å². The Bertz CT molecular complexity index is 551. The Hall–Kier alpha value is -1.27. The van der Waals surface area contributed by atoms with Gasteiger partial charge in [-0.3, -0.25) is 0 Å². The molecule has 5 nitrogen and oxygen atoms in total. The van der Waals surface area contributed by atoms with Gasteiger partial charge < -0.3 is 16.0 Å². The third-order valence-corrected chi connectivity index (χ3v) is 4.54. The van der Waals surface area contributed by atoms with Gasteiger partial charge >= 0.3 is 0 Å². The molecule has 0 spiro atoms. The van der Waals surface area contributed by atoms with Crippen LogP contribution in [0.25, 0.3) is 0 Å². The highest BCUT2D eigenvalue weighted by molar-refractivity contribution is 7.90. The van der Waals surface area contributed by atoms with E-state index in [-0.39, 0.29) is 16.1 Å². The predicted molar refractivity (Wildman–Crippen MR) is 80.2 cm³/mol. The minimum Gasteiger partial charge on any atom is -0.396 e. The summed E-state index contributed by atoms with van der Waals surface area (Å²) in [6.07, 6.45) is 1.16. The Morgan fingerprint density at radius 3 is 2.37 bits per heavy atom. The molecule has 6 heteroatoms. The lowest BCUT2D eigenvalue weighted by Gasteiger charge is -2.33. The molecule has 0 saturated heterocycles. The Kier molecular flexibility index (Phi) is 4.47. The Labute approximate surface area is 115 Å². The third-order valence-electron chi connectivity index (χ3n) is 3.39. The van der Waals surface area contributed by atoms with E-state index in [2.05, 4.69) is 24.1 Å². The monoisotopic (exact) mass is 285 g/mol. The lowest BCUT2D eigenvalue weighted by Crippen LogP contribution is -2.44. The van der Waals surface area contributed by atoms with Gasteiger partial charge in [0.05, 0.1) is 16.3 Å². The molecule has 1 rings (SSSR count). The van der Waals surface area contributed by atoms with Crippen LogP contribution in [-0.2, 0) is 9.84 Å². The van der Waals surface area contributed by atoms with Gasteiger partial charge in [0, 0.05) is 18.3 Å². The van der Waals surface area contributed by atoms with E-state index in [1.807, 2.05) is 14.1 Å². The van der Waals surface area contributed by atoms with E-state index >= 15 is 0 Å². The summed E-state index contributed by atoms with van der Waals surface area (Å²) in [5.41, 5.74) is 6.79. The van der Waals surface area contributed by atoms with Gasteiger partial charge in [-0.2, -0.15) is 0 Å². The van der Waals surface area contributed by atoms with Crippen molar-refractivity contribution in [3.8, 4) is 0 Å². The molecule has 0 bridgehead atoms. The molecule has 0 aliphatic heterocycles. The van der Waals surface area contributed by atoms with Crippen molar-refractivity contribution in [2.24, 2.45) is 0 Å². The Morgan fingerprint density at radius 1 is 1.32 bits per heavy atom. The van der Waals surface area contributed by atoms with Gasteiger partial charge in [-0.15, -0.1) is 0 Å². The lowest BCUT2D eigenvalue weighted by atomic mass is 10.0. The molecule has 1 aromatic carbocycles. The standard InChI is InChI=1S/C13H23N3O2S/c1-13(2,16(3)4)9-15-10-7-6-8-11(12(10)14)19(5,17)18/h6-8,15H,9,14H2,1-5H3. The van der Waals surface area contributed by atoms with Crippen LogP contribution in [0.3, 0.4) is 0 Å². The maximum absolute atomic E-state index is 11.6. The number of sulfone groups is 1. The number of para-hydroxylation sites is 1. The molecule has 0 saturated carbocycles. The van der Waals surface area contributed by atoms with Crippen LogP contribution in [0.15, 0.2) is 23.1 Å². The SMILES string of the molecule is CN(C)C(C)(C)CNc1cccc(S(C)(=O)=O)c1N. The van der Waals surface area contributed by atoms with E-state index in [1.54, 1.807) is 12.1 Å². The van der Waals surface area contributed by atoms with Crippen LogP contribution < -0.4 is 11.1 Å². The summed E-state index contributed by atoms with van der Waals surface area (Å²) >= 11 is 0. The second-order valence-electron chi connectivity index (χ2n) is 5.55. The highest BCUT2D eigenvalue weighted by Gasteiger charge is 2.21. The average Bonchev–Trinajstić information content (AvgIpc) is 2.25. The number of nitrogen functional groups attached to an aromatic ring is 1. The van der Waals surface area contributed by atoms with Crippen LogP contribution in [0.4, 0.5) is 11.4 Å². The molecule has 0 atom stereocenters. The first kappa shape index (κ1) is 15.8. The van der Waals surface area contributed by atoms with Crippen molar-refractivity contribution in [2.45, 2.75) is 24.3 Å². The first-order valence-corrected chi connectivity index (χ1v) is 7.94. The first-order chi connectivity index (χ1) is 8.55. The summed E-state index contributed by atoms with van der Waals surface area (Å²) in [5, 5.41) is 3.22. The van der Waals surface area contributed by atoms with Crippen LogP contribution in [0, 0.1) is 0 Å². The summed E-state index contributed by atoms with van der Waals surface area (Å²) in [5.74, 6) is 0. The Balaban J connectivity index is 2.99. The van der Waals surface area contributed by atoms with Crippen LogP contribution >= 0.6 is 0 Å². The van der Waals surface area contributed by atoms with Crippen molar-refractivity contribution in [1.82, 2.24) is 4.90 Å². The molecule has 0 heterocycles. The highest BCUT2D eigenvalue weighted by atomic mass is 32.2. The van der Waals surface area contributed by atoms with Gasteiger partial charge in [0.2, 0.25) is 0 Å². The van der Waals surface area contributed by atoms with Gasteiger partial charge in [-0.05, 0) is 40.1 Å². The van der Waals surface area contributed by atoms with Crippen molar-refractivity contribution in [1.29, 1.82) is 0 Å². The zero-order valence-electron chi connectivity index (χ0n) is 12.2. The number of anilines is 2. The number of hydrogen-bond donors (Lipinski definition) is 2. The summed E-state index contributed by atoms with van der Waals surface area (Å²) < 4.78 is 23.2. The summed E-state index contributed by atoms with van der Waals surface area (Å²) in [4.78, 5) is 2.26. The molecule has 0 amide bonds. The highest BCUT2D eigenvalue weighted by Crippen LogP contribution is 2.27. The zero-order chi connectivity index (χ0) is 14.8. The second kappa shape index (κ2) is 5.38. The largest absolute Gasteiger partial charge is 0.396 e. The number of nitrogens with zero attached hydrogens (tertiary/aromatic N) is 1. The smallest absolute Gasteiger partial charge is 0.177 e. The van der Waals surface area contributed by atoms with Crippen LogP contribution in [-0.4, -0.2) is 45.8 Å². The van der Waals surface area contributed by atoms with E-state index in [4.69, 9.17) is 5.73 Å². The van der Waals surface area contributed by atoms with Gasteiger partial charge in [0.25, 0.3) is 0 Å².